The van der Waals surface area contributed by atoms with Crippen LogP contribution < -0.4 is 16.4 Å². The lowest BCUT2D eigenvalue weighted by Crippen LogP contribution is -2.19. The van der Waals surface area contributed by atoms with E-state index in [4.69, 9.17) is 5.73 Å². The van der Waals surface area contributed by atoms with Gasteiger partial charge in [0.25, 0.3) is 0 Å². The summed E-state index contributed by atoms with van der Waals surface area (Å²) >= 11 is 0. The number of aromatic nitrogens is 2. The van der Waals surface area contributed by atoms with Gasteiger partial charge < -0.3 is 16.4 Å². The zero-order chi connectivity index (χ0) is 12.4. The third-order valence-electron chi connectivity index (χ3n) is 3.90. The lowest BCUT2D eigenvalue weighted by atomic mass is 10.1. The van der Waals surface area contributed by atoms with Gasteiger partial charge in [0.15, 0.2) is 0 Å². The number of fused-ring (bicyclic) bond motifs is 1. The first-order valence-corrected chi connectivity index (χ1v) is 6.95. The molecule has 1 fully saturated rings. The SMILES string of the molecule is Nc1nc2c(c(NC3CCCC3)n1)CCNCC2. The van der Waals surface area contributed by atoms with Gasteiger partial charge in [-0.2, -0.15) is 4.98 Å². The standard InChI is InChI=1S/C13H21N5/c14-13-17-11-6-8-15-7-5-10(11)12(18-13)16-9-3-1-2-4-9/h9,15H,1-8H2,(H3,14,16,17,18). The first kappa shape index (κ1) is 11.7. The molecular weight excluding hydrogens is 226 g/mol. The Kier molecular flexibility index (Phi) is 3.32. The molecule has 0 radical (unpaired) electrons. The molecule has 1 saturated carbocycles. The van der Waals surface area contributed by atoms with E-state index in [1.165, 1.54) is 31.2 Å². The van der Waals surface area contributed by atoms with Crippen molar-refractivity contribution in [3.05, 3.63) is 11.3 Å². The van der Waals surface area contributed by atoms with Gasteiger partial charge in [0.2, 0.25) is 5.95 Å². The summed E-state index contributed by atoms with van der Waals surface area (Å²) in [5.74, 6) is 1.38. The van der Waals surface area contributed by atoms with E-state index >= 15 is 0 Å². The average molecular weight is 247 g/mol. The Morgan fingerprint density at radius 1 is 1.11 bits per heavy atom. The number of hydrogen-bond acceptors (Lipinski definition) is 5. The van der Waals surface area contributed by atoms with E-state index in [1.807, 2.05) is 0 Å². The van der Waals surface area contributed by atoms with Gasteiger partial charge in [-0.25, -0.2) is 4.98 Å². The van der Waals surface area contributed by atoms with Crippen LogP contribution in [-0.2, 0) is 12.8 Å². The van der Waals surface area contributed by atoms with Crippen LogP contribution in [0, 0.1) is 0 Å². The van der Waals surface area contributed by atoms with Crippen molar-refractivity contribution in [3.8, 4) is 0 Å². The van der Waals surface area contributed by atoms with Gasteiger partial charge in [-0.3, -0.25) is 0 Å². The Balaban J connectivity index is 1.89. The van der Waals surface area contributed by atoms with E-state index in [-0.39, 0.29) is 0 Å². The third-order valence-corrected chi connectivity index (χ3v) is 3.90. The Labute approximate surface area is 108 Å². The molecule has 1 aliphatic heterocycles. The normalized spacial score (nSPS) is 20.4. The molecule has 98 valence electrons. The van der Waals surface area contributed by atoms with Gasteiger partial charge in [0, 0.05) is 24.6 Å². The number of nitrogens with one attached hydrogen (secondary N) is 2. The number of rotatable bonds is 2. The Bertz CT molecular complexity index is 426. The van der Waals surface area contributed by atoms with Crippen LogP contribution in [0.1, 0.15) is 36.9 Å². The molecule has 3 rings (SSSR count). The van der Waals surface area contributed by atoms with Crippen molar-refractivity contribution in [3.63, 3.8) is 0 Å². The van der Waals surface area contributed by atoms with Crippen LogP contribution in [-0.4, -0.2) is 29.1 Å². The number of nitrogens with two attached hydrogens (primary N) is 1. The fourth-order valence-electron chi connectivity index (χ4n) is 2.95. The third kappa shape index (κ3) is 2.41. The summed E-state index contributed by atoms with van der Waals surface area (Å²) in [6.45, 7) is 1.98. The van der Waals surface area contributed by atoms with Gasteiger partial charge in [0.05, 0.1) is 5.69 Å². The molecule has 18 heavy (non-hydrogen) atoms. The van der Waals surface area contributed by atoms with E-state index in [0.717, 1.165) is 37.4 Å². The molecule has 0 saturated heterocycles. The maximum absolute atomic E-state index is 5.83. The molecule has 0 unspecified atom stereocenters. The van der Waals surface area contributed by atoms with Crippen molar-refractivity contribution >= 4 is 11.8 Å². The van der Waals surface area contributed by atoms with Crippen LogP contribution in [0.2, 0.25) is 0 Å². The maximum Gasteiger partial charge on any atom is 0.222 e. The van der Waals surface area contributed by atoms with Crippen LogP contribution in [0.5, 0.6) is 0 Å². The molecule has 0 aromatic carbocycles. The van der Waals surface area contributed by atoms with Gasteiger partial charge in [-0.1, -0.05) is 12.8 Å². The summed E-state index contributed by atoms with van der Waals surface area (Å²) in [6, 6.07) is 0.569. The minimum Gasteiger partial charge on any atom is -0.368 e. The highest BCUT2D eigenvalue weighted by Crippen LogP contribution is 2.26. The fourth-order valence-corrected chi connectivity index (χ4v) is 2.95. The predicted molar refractivity (Wildman–Crippen MR) is 72.6 cm³/mol. The second kappa shape index (κ2) is 5.10. The van der Waals surface area contributed by atoms with Crippen LogP contribution in [0.15, 0.2) is 0 Å². The zero-order valence-electron chi connectivity index (χ0n) is 10.7. The number of hydrogen-bond donors (Lipinski definition) is 3. The van der Waals surface area contributed by atoms with Gasteiger partial charge >= 0.3 is 0 Å². The van der Waals surface area contributed by atoms with E-state index < -0.39 is 0 Å². The highest BCUT2D eigenvalue weighted by molar-refractivity contribution is 5.51. The number of nitrogen functional groups attached to an aromatic ring is 1. The molecule has 2 aliphatic rings. The smallest absolute Gasteiger partial charge is 0.222 e. The molecule has 5 nitrogen and oxygen atoms in total. The van der Waals surface area contributed by atoms with Crippen molar-refractivity contribution in [2.24, 2.45) is 0 Å². The van der Waals surface area contributed by atoms with Crippen LogP contribution in [0.4, 0.5) is 11.8 Å². The van der Waals surface area contributed by atoms with E-state index in [2.05, 4.69) is 20.6 Å². The second-order valence-electron chi connectivity index (χ2n) is 5.23. The van der Waals surface area contributed by atoms with Crippen molar-refractivity contribution in [2.75, 3.05) is 24.1 Å². The Morgan fingerprint density at radius 3 is 2.72 bits per heavy atom. The molecule has 1 aliphatic carbocycles. The maximum atomic E-state index is 5.83. The lowest BCUT2D eigenvalue weighted by molar-refractivity contribution is 0.707. The Hall–Kier alpha value is -1.36. The minimum absolute atomic E-state index is 0.399. The second-order valence-corrected chi connectivity index (χ2v) is 5.23. The summed E-state index contributed by atoms with van der Waals surface area (Å²) in [6.07, 6.45) is 7.07. The summed E-state index contributed by atoms with van der Waals surface area (Å²) in [5, 5.41) is 6.98. The van der Waals surface area contributed by atoms with Crippen molar-refractivity contribution < 1.29 is 0 Å². The highest BCUT2D eigenvalue weighted by atomic mass is 15.1. The molecule has 0 amide bonds. The molecule has 0 bridgehead atoms. The molecule has 2 heterocycles. The van der Waals surface area contributed by atoms with Gasteiger partial charge in [0.1, 0.15) is 5.82 Å². The van der Waals surface area contributed by atoms with Crippen molar-refractivity contribution in [2.45, 2.75) is 44.6 Å². The molecule has 1 aromatic rings. The van der Waals surface area contributed by atoms with Crippen molar-refractivity contribution in [1.29, 1.82) is 0 Å². The molecule has 0 atom stereocenters. The van der Waals surface area contributed by atoms with Crippen LogP contribution in [0.25, 0.3) is 0 Å². The first-order chi connectivity index (χ1) is 8.83. The molecular formula is C13H21N5. The van der Waals surface area contributed by atoms with Gasteiger partial charge in [-0.15, -0.1) is 0 Å². The van der Waals surface area contributed by atoms with Crippen LogP contribution in [0.3, 0.4) is 0 Å². The fraction of sp³-hybridized carbons (Fsp3) is 0.692. The molecule has 5 heteroatoms. The van der Waals surface area contributed by atoms with Crippen LogP contribution >= 0.6 is 0 Å². The molecule has 0 spiro atoms. The summed E-state index contributed by atoms with van der Waals surface area (Å²) in [7, 11) is 0. The predicted octanol–water partition coefficient (Wildman–Crippen LogP) is 1.10. The summed E-state index contributed by atoms with van der Waals surface area (Å²) < 4.78 is 0. The highest BCUT2D eigenvalue weighted by Gasteiger charge is 2.20. The number of nitrogens with zero attached hydrogens (tertiary/aromatic N) is 2. The zero-order valence-corrected chi connectivity index (χ0v) is 10.7. The van der Waals surface area contributed by atoms with E-state index in [9.17, 15) is 0 Å². The number of anilines is 2. The van der Waals surface area contributed by atoms with E-state index in [1.54, 1.807) is 0 Å². The minimum atomic E-state index is 0.399. The monoisotopic (exact) mass is 247 g/mol. The quantitative estimate of drug-likeness (QED) is 0.729. The van der Waals surface area contributed by atoms with Gasteiger partial charge in [-0.05, 0) is 25.8 Å². The molecule has 1 aromatic heterocycles. The summed E-state index contributed by atoms with van der Waals surface area (Å²) in [5.41, 5.74) is 8.21. The first-order valence-electron chi connectivity index (χ1n) is 6.95. The average Bonchev–Trinajstić information content (AvgIpc) is 2.73. The molecule has 4 N–H and O–H groups in total. The Morgan fingerprint density at radius 2 is 1.89 bits per heavy atom. The topological polar surface area (TPSA) is 75.9 Å². The van der Waals surface area contributed by atoms with Crippen molar-refractivity contribution in [1.82, 2.24) is 15.3 Å². The largest absolute Gasteiger partial charge is 0.368 e. The summed E-state index contributed by atoms with van der Waals surface area (Å²) in [4.78, 5) is 8.81. The lowest BCUT2D eigenvalue weighted by Gasteiger charge is -2.17. The van der Waals surface area contributed by atoms with E-state index in [0.29, 0.717) is 12.0 Å².